The Labute approximate surface area is 134 Å². The molecule has 0 unspecified atom stereocenters. The Morgan fingerprint density at radius 3 is 2.50 bits per heavy atom. The zero-order chi connectivity index (χ0) is 16.3. The second kappa shape index (κ2) is 7.00. The minimum absolute atomic E-state index is 0.312. The summed E-state index contributed by atoms with van der Waals surface area (Å²) in [6, 6.07) is 2.36. The van der Waals surface area contributed by atoms with Gasteiger partial charge in [0.2, 0.25) is 0 Å². The highest BCUT2D eigenvalue weighted by atomic mass is 19.1. The summed E-state index contributed by atoms with van der Waals surface area (Å²) in [6.07, 6.45) is 4.34. The van der Waals surface area contributed by atoms with Gasteiger partial charge in [-0.1, -0.05) is 27.4 Å². The van der Waals surface area contributed by atoms with Crippen LogP contribution in [0.5, 0.6) is 0 Å². The van der Waals surface area contributed by atoms with Crippen molar-refractivity contribution in [3.8, 4) is 6.07 Å². The van der Waals surface area contributed by atoms with Crippen LogP contribution in [-0.4, -0.2) is 36.2 Å². The second-order valence-corrected chi connectivity index (χ2v) is 7.99. The lowest BCUT2D eigenvalue weighted by molar-refractivity contribution is 0.160. The van der Waals surface area contributed by atoms with Crippen LogP contribution in [0.1, 0.15) is 52.9 Å². The first-order valence-corrected chi connectivity index (χ1v) is 8.52. The molecule has 4 heteroatoms. The van der Waals surface area contributed by atoms with E-state index in [0.717, 1.165) is 11.6 Å². The quantitative estimate of drug-likeness (QED) is 0.862. The third-order valence-corrected chi connectivity index (χ3v) is 5.35. The summed E-state index contributed by atoms with van der Waals surface area (Å²) >= 11 is 0. The van der Waals surface area contributed by atoms with Crippen molar-refractivity contribution in [3.63, 3.8) is 0 Å². The fraction of sp³-hybridized carbons (Fsp3) is 0.833. The number of hydrogen-bond donors (Lipinski definition) is 1. The molecule has 2 aliphatic rings. The van der Waals surface area contributed by atoms with Gasteiger partial charge in [0.1, 0.15) is 12.2 Å². The molecule has 0 aromatic carbocycles. The molecule has 2 rings (SSSR count). The zero-order valence-electron chi connectivity index (χ0n) is 14.2. The van der Waals surface area contributed by atoms with Crippen LogP contribution in [0, 0.1) is 22.7 Å². The number of rotatable bonds is 4. The van der Waals surface area contributed by atoms with Gasteiger partial charge in [-0.3, -0.25) is 0 Å². The van der Waals surface area contributed by atoms with E-state index in [4.69, 9.17) is 5.26 Å². The third-order valence-electron chi connectivity index (χ3n) is 5.35. The molecule has 1 heterocycles. The van der Waals surface area contributed by atoms with Crippen LogP contribution < -0.4 is 5.32 Å². The molecule has 1 aliphatic carbocycles. The van der Waals surface area contributed by atoms with Crippen LogP contribution in [0.15, 0.2) is 12.3 Å². The Morgan fingerprint density at radius 2 is 1.95 bits per heavy atom. The maximum Gasteiger partial charge on any atom is 0.121 e. The largest absolute Gasteiger partial charge is 0.355 e. The van der Waals surface area contributed by atoms with Crippen LogP contribution in [0.4, 0.5) is 4.39 Å². The first kappa shape index (κ1) is 17.3. The van der Waals surface area contributed by atoms with Crippen LogP contribution in [0.25, 0.3) is 0 Å². The van der Waals surface area contributed by atoms with Crippen molar-refractivity contribution >= 4 is 0 Å². The Bertz CT molecular complexity index is 427. The van der Waals surface area contributed by atoms with E-state index in [1.807, 2.05) is 4.90 Å². The number of halogens is 1. The van der Waals surface area contributed by atoms with Gasteiger partial charge in [0, 0.05) is 24.7 Å². The summed E-state index contributed by atoms with van der Waals surface area (Å²) in [7, 11) is 0. The number of nitrogens with one attached hydrogen (secondary N) is 1. The maximum atomic E-state index is 13.5. The molecule has 1 aliphatic heterocycles. The summed E-state index contributed by atoms with van der Waals surface area (Å²) in [5.74, 6) is 0.808. The number of hydrogen-bond acceptors (Lipinski definition) is 3. The predicted molar refractivity (Wildman–Crippen MR) is 88.0 cm³/mol. The molecule has 2 fully saturated rings. The van der Waals surface area contributed by atoms with E-state index in [0.29, 0.717) is 31.0 Å². The number of nitriles is 1. The Hall–Kier alpha value is -1.08. The highest BCUT2D eigenvalue weighted by Gasteiger charge is 2.33. The molecule has 0 radical (unpaired) electrons. The SMILES string of the molecule is C=C(CNC1CCC(C(C)(C)C)CC1)N1C[C@@H](F)C[C@H]1C#N. The van der Waals surface area contributed by atoms with Crippen molar-refractivity contribution in [1.82, 2.24) is 10.2 Å². The maximum absolute atomic E-state index is 13.5. The molecule has 1 saturated heterocycles. The smallest absolute Gasteiger partial charge is 0.121 e. The summed E-state index contributed by atoms with van der Waals surface area (Å²) in [6.45, 7) is 12.0. The Kier molecular flexibility index (Phi) is 5.50. The molecule has 0 amide bonds. The normalized spacial score (nSPS) is 32.8. The van der Waals surface area contributed by atoms with Gasteiger partial charge in [-0.2, -0.15) is 5.26 Å². The third kappa shape index (κ3) is 4.23. The minimum Gasteiger partial charge on any atom is -0.355 e. The molecule has 22 heavy (non-hydrogen) atoms. The van der Waals surface area contributed by atoms with Gasteiger partial charge >= 0.3 is 0 Å². The number of nitrogens with zero attached hydrogens (tertiary/aromatic N) is 2. The van der Waals surface area contributed by atoms with Crippen molar-refractivity contribution < 1.29 is 4.39 Å². The van der Waals surface area contributed by atoms with E-state index < -0.39 is 6.17 Å². The fourth-order valence-corrected chi connectivity index (χ4v) is 3.78. The Morgan fingerprint density at radius 1 is 1.32 bits per heavy atom. The molecule has 1 N–H and O–H groups in total. The van der Waals surface area contributed by atoms with E-state index in [1.54, 1.807) is 0 Å². The molecule has 0 bridgehead atoms. The molecule has 0 aromatic heterocycles. The number of likely N-dealkylation sites (tertiary alicyclic amines) is 1. The van der Waals surface area contributed by atoms with Crippen LogP contribution in [0.3, 0.4) is 0 Å². The fourth-order valence-electron chi connectivity index (χ4n) is 3.78. The molecular weight excluding hydrogens is 277 g/mol. The lowest BCUT2D eigenvalue weighted by atomic mass is 9.71. The first-order valence-electron chi connectivity index (χ1n) is 8.52. The number of alkyl halides is 1. The van der Waals surface area contributed by atoms with Crippen LogP contribution >= 0.6 is 0 Å². The van der Waals surface area contributed by atoms with Gasteiger partial charge in [-0.05, 0) is 37.0 Å². The monoisotopic (exact) mass is 307 g/mol. The van der Waals surface area contributed by atoms with Gasteiger partial charge < -0.3 is 10.2 Å². The molecule has 3 nitrogen and oxygen atoms in total. The topological polar surface area (TPSA) is 39.1 Å². The van der Waals surface area contributed by atoms with Gasteiger partial charge in [-0.15, -0.1) is 0 Å². The average Bonchev–Trinajstić information content (AvgIpc) is 2.85. The van der Waals surface area contributed by atoms with Gasteiger partial charge in [0.25, 0.3) is 0 Å². The molecule has 124 valence electrons. The lowest BCUT2D eigenvalue weighted by Crippen LogP contribution is -2.40. The van der Waals surface area contributed by atoms with Gasteiger partial charge in [0.15, 0.2) is 0 Å². The van der Waals surface area contributed by atoms with E-state index in [9.17, 15) is 4.39 Å². The van der Waals surface area contributed by atoms with Crippen LogP contribution in [-0.2, 0) is 0 Å². The second-order valence-electron chi connectivity index (χ2n) is 7.99. The van der Waals surface area contributed by atoms with Crippen molar-refractivity contribution in [2.24, 2.45) is 11.3 Å². The molecule has 2 atom stereocenters. The summed E-state index contributed by atoms with van der Waals surface area (Å²) in [4.78, 5) is 1.83. The molecule has 1 saturated carbocycles. The van der Waals surface area contributed by atoms with E-state index in [1.165, 1.54) is 25.7 Å². The zero-order valence-corrected chi connectivity index (χ0v) is 14.2. The first-order chi connectivity index (χ1) is 10.3. The standard InChI is InChI=1S/C18H30FN3/c1-13(22-12-15(19)9-17(22)10-20)11-21-16-7-5-14(6-8-16)18(2,3)4/h14-17,21H,1,5-9,11-12H2,2-4H3/t14?,15-,16?,17-/m0/s1. The highest BCUT2D eigenvalue weighted by Crippen LogP contribution is 2.37. The van der Waals surface area contributed by atoms with E-state index in [2.05, 4.69) is 38.7 Å². The molecular formula is C18H30FN3. The predicted octanol–water partition coefficient (Wildman–Crippen LogP) is 3.63. The van der Waals surface area contributed by atoms with Crippen molar-refractivity contribution in [1.29, 1.82) is 5.26 Å². The summed E-state index contributed by atoms with van der Waals surface area (Å²) < 4.78 is 13.5. The van der Waals surface area contributed by atoms with Crippen LogP contribution in [0.2, 0.25) is 0 Å². The Balaban J connectivity index is 1.75. The van der Waals surface area contributed by atoms with Gasteiger partial charge in [-0.25, -0.2) is 4.39 Å². The molecule has 0 spiro atoms. The molecule has 0 aromatic rings. The van der Waals surface area contributed by atoms with E-state index >= 15 is 0 Å². The minimum atomic E-state index is -0.899. The average molecular weight is 307 g/mol. The van der Waals surface area contributed by atoms with Crippen molar-refractivity contribution in [3.05, 3.63) is 12.3 Å². The lowest BCUT2D eigenvalue weighted by Gasteiger charge is -2.37. The van der Waals surface area contributed by atoms with Crippen molar-refractivity contribution in [2.75, 3.05) is 13.1 Å². The summed E-state index contributed by atoms with van der Waals surface area (Å²) in [5.41, 5.74) is 1.25. The van der Waals surface area contributed by atoms with E-state index in [-0.39, 0.29) is 6.04 Å². The highest BCUT2D eigenvalue weighted by molar-refractivity contribution is 5.10. The summed E-state index contributed by atoms with van der Waals surface area (Å²) in [5, 5.41) is 12.7. The van der Waals surface area contributed by atoms with Gasteiger partial charge in [0.05, 0.1) is 12.6 Å². The van der Waals surface area contributed by atoms with Crippen molar-refractivity contribution in [2.45, 2.75) is 71.1 Å².